The number of nitrogens with zero attached hydrogens (tertiary/aromatic N) is 1. The van der Waals surface area contributed by atoms with Gasteiger partial charge in [0.25, 0.3) is 9.05 Å². The SMILES string of the molecule is N#Cc1c(O)ccc(I)c1S(=O)(=O)Cl. The fraction of sp³-hybridized carbons (Fsp3) is 0. The van der Waals surface area contributed by atoms with Crippen molar-refractivity contribution < 1.29 is 13.5 Å². The van der Waals surface area contributed by atoms with Crippen LogP contribution < -0.4 is 0 Å². The van der Waals surface area contributed by atoms with Gasteiger partial charge in [0.05, 0.1) is 0 Å². The summed E-state index contributed by atoms with van der Waals surface area (Å²) in [6.07, 6.45) is 0. The predicted octanol–water partition coefficient (Wildman–Crippen LogP) is 1.80. The van der Waals surface area contributed by atoms with Crippen molar-refractivity contribution in [2.75, 3.05) is 0 Å². The summed E-state index contributed by atoms with van der Waals surface area (Å²) in [5.41, 5.74) is -0.327. The molecule has 14 heavy (non-hydrogen) atoms. The maximum atomic E-state index is 11.1. The Labute approximate surface area is 98.7 Å². The average Bonchev–Trinajstić information content (AvgIpc) is 2.06. The van der Waals surface area contributed by atoms with Crippen LogP contribution in [-0.4, -0.2) is 13.5 Å². The topological polar surface area (TPSA) is 78.2 Å². The molecule has 1 N–H and O–H groups in total. The van der Waals surface area contributed by atoms with E-state index in [1.54, 1.807) is 28.7 Å². The third-order valence-electron chi connectivity index (χ3n) is 1.44. The maximum Gasteiger partial charge on any atom is 0.263 e. The quantitative estimate of drug-likeness (QED) is 0.623. The van der Waals surface area contributed by atoms with Crippen LogP contribution in [0.15, 0.2) is 17.0 Å². The third-order valence-corrected chi connectivity index (χ3v) is 4.08. The first-order valence-corrected chi connectivity index (χ1v) is 6.63. The van der Waals surface area contributed by atoms with Crippen molar-refractivity contribution in [3.8, 4) is 11.8 Å². The second kappa shape index (κ2) is 3.92. The molecule has 0 radical (unpaired) electrons. The molecule has 0 spiro atoms. The predicted molar refractivity (Wildman–Crippen MR) is 58.6 cm³/mol. The molecule has 1 aromatic carbocycles. The fourth-order valence-corrected chi connectivity index (χ4v) is 3.78. The van der Waals surface area contributed by atoms with E-state index >= 15 is 0 Å². The minimum atomic E-state index is -4.02. The van der Waals surface area contributed by atoms with Gasteiger partial charge < -0.3 is 5.11 Å². The van der Waals surface area contributed by atoms with Gasteiger partial charge in [-0.25, -0.2) is 8.42 Å². The lowest BCUT2D eigenvalue weighted by Crippen LogP contribution is -1.98. The average molecular weight is 344 g/mol. The van der Waals surface area contributed by atoms with Crippen molar-refractivity contribution in [3.63, 3.8) is 0 Å². The lowest BCUT2D eigenvalue weighted by molar-refractivity contribution is 0.471. The number of halogens is 2. The van der Waals surface area contributed by atoms with E-state index in [2.05, 4.69) is 0 Å². The molecule has 0 aliphatic heterocycles. The van der Waals surface area contributed by atoms with Gasteiger partial charge in [-0.05, 0) is 34.7 Å². The van der Waals surface area contributed by atoms with Gasteiger partial charge in [0.15, 0.2) is 0 Å². The number of aromatic hydroxyl groups is 1. The zero-order valence-electron chi connectivity index (χ0n) is 6.53. The number of nitriles is 1. The van der Waals surface area contributed by atoms with Crippen molar-refractivity contribution in [2.45, 2.75) is 4.90 Å². The lowest BCUT2D eigenvalue weighted by atomic mass is 10.2. The summed E-state index contributed by atoms with van der Waals surface area (Å²) >= 11 is 1.73. The van der Waals surface area contributed by atoms with E-state index in [0.717, 1.165) is 0 Å². The molecular formula is C7H3ClINO3S. The molecule has 4 nitrogen and oxygen atoms in total. The number of benzene rings is 1. The Balaban J connectivity index is 3.74. The normalized spacial score (nSPS) is 10.9. The Hall–Kier alpha value is -0.520. The van der Waals surface area contributed by atoms with Gasteiger partial charge in [0, 0.05) is 14.3 Å². The molecule has 0 saturated heterocycles. The van der Waals surface area contributed by atoms with E-state index in [1.165, 1.54) is 12.1 Å². The highest BCUT2D eigenvalue weighted by Crippen LogP contribution is 2.30. The molecule has 1 aromatic rings. The van der Waals surface area contributed by atoms with Crippen LogP contribution in [0.3, 0.4) is 0 Å². The minimum absolute atomic E-state index is 0.298. The van der Waals surface area contributed by atoms with Crippen molar-refractivity contribution in [1.29, 1.82) is 5.26 Å². The molecule has 0 aliphatic carbocycles. The Morgan fingerprint density at radius 1 is 1.50 bits per heavy atom. The summed E-state index contributed by atoms with van der Waals surface area (Å²) in [5, 5.41) is 17.9. The zero-order valence-corrected chi connectivity index (χ0v) is 10.3. The number of hydrogen-bond acceptors (Lipinski definition) is 4. The summed E-state index contributed by atoms with van der Waals surface area (Å²) in [5.74, 6) is -0.396. The van der Waals surface area contributed by atoms with Crippen LogP contribution in [0.25, 0.3) is 0 Å². The van der Waals surface area contributed by atoms with Crippen molar-refractivity contribution >= 4 is 42.3 Å². The number of phenolic OH excluding ortho intramolecular Hbond substituents is 1. The van der Waals surface area contributed by atoms with Crippen molar-refractivity contribution in [2.24, 2.45) is 0 Å². The van der Waals surface area contributed by atoms with Gasteiger partial charge in [-0.15, -0.1) is 0 Å². The molecule has 0 heterocycles. The Morgan fingerprint density at radius 2 is 2.07 bits per heavy atom. The minimum Gasteiger partial charge on any atom is -0.507 e. The molecule has 74 valence electrons. The van der Waals surface area contributed by atoms with Crippen molar-refractivity contribution in [3.05, 3.63) is 21.3 Å². The van der Waals surface area contributed by atoms with Gasteiger partial charge in [0.2, 0.25) is 0 Å². The second-order valence-electron chi connectivity index (χ2n) is 2.32. The van der Waals surface area contributed by atoms with Crippen LogP contribution >= 0.6 is 33.3 Å². The summed E-state index contributed by atoms with van der Waals surface area (Å²) in [6, 6.07) is 4.20. The molecule has 0 aliphatic rings. The van der Waals surface area contributed by atoms with E-state index in [0.29, 0.717) is 3.57 Å². The fourth-order valence-electron chi connectivity index (χ4n) is 0.893. The number of rotatable bonds is 1. The molecule has 0 amide bonds. The molecule has 1 rings (SSSR count). The van der Waals surface area contributed by atoms with Gasteiger partial charge in [-0.1, -0.05) is 0 Å². The van der Waals surface area contributed by atoms with Gasteiger partial charge in [-0.3, -0.25) is 0 Å². The van der Waals surface area contributed by atoms with Crippen LogP contribution in [0.2, 0.25) is 0 Å². The first-order valence-electron chi connectivity index (χ1n) is 3.24. The molecule has 0 unspecified atom stereocenters. The summed E-state index contributed by atoms with van der Waals surface area (Å²) < 4.78 is 22.5. The van der Waals surface area contributed by atoms with E-state index in [1.807, 2.05) is 0 Å². The Bertz CT molecular complexity index is 520. The monoisotopic (exact) mass is 343 g/mol. The third kappa shape index (κ3) is 2.10. The molecule has 0 bridgehead atoms. The molecule has 0 atom stereocenters. The van der Waals surface area contributed by atoms with Gasteiger partial charge in [-0.2, -0.15) is 5.26 Å². The highest BCUT2D eigenvalue weighted by Gasteiger charge is 2.22. The highest BCUT2D eigenvalue weighted by atomic mass is 127. The van der Waals surface area contributed by atoms with Crippen LogP contribution in [0.1, 0.15) is 5.56 Å². The first-order chi connectivity index (χ1) is 6.38. The summed E-state index contributed by atoms with van der Waals surface area (Å²) in [4.78, 5) is -0.345. The lowest BCUT2D eigenvalue weighted by Gasteiger charge is -2.04. The van der Waals surface area contributed by atoms with E-state index < -0.39 is 14.8 Å². The second-order valence-corrected chi connectivity index (χ2v) is 5.99. The van der Waals surface area contributed by atoms with Gasteiger partial charge in [0.1, 0.15) is 22.3 Å². The first kappa shape index (κ1) is 11.6. The molecule has 0 saturated carbocycles. The van der Waals surface area contributed by atoms with E-state index in [4.69, 9.17) is 15.9 Å². The molecule has 0 fully saturated rings. The summed E-state index contributed by atoms with van der Waals surface area (Å²) in [6.45, 7) is 0. The molecular weight excluding hydrogens is 341 g/mol. The van der Waals surface area contributed by atoms with Crippen LogP contribution in [0.4, 0.5) is 0 Å². The molecule has 7 heteroatoms. The van der Waals surface area contributed by atoms with Crippen LogP contribution in [0.5, 0.6) is 5.75 Å². The smallest absolute Gasteiger partial charge is 0.263 e. The largest absolute Gasteiger partial charge is 0.507 e. The van der Waals surface area contributed by atoms with E-state index in [-0.39, 0.29) is 10.5 Å². The number of hydrogen-bond donors (Lipinski definition) is 1. The maximum absolute atomic E-state index is 11.1. The van der Waals surface area contributed by atoms with Crippen LogP contribution in [-0.2, 0) is 9.05 Å². The Morgan fingerprint density at radius 3 is 2.43 bits per heavy atom. The Kier molecular flexibility index (Phi) is 3.24. The molecule has 0 aromatic heterocycles. The van der Waals surface area contributed by atoms with Crippen molar-refractivity contribution in [1.82, 2.24) is 0 Å². The zero-order chi connectivity index (χ0) is 10.9. The van der Waals surface area contributed by atoms with Gasteiger partial charge >= 0.3 is 0 Å². The summed E-state index contributed by atoms with van der Waals surface area (Å²) in [7, 11) is 1.11. The van der Waals surface area contributed by atoms with Crippen LogP contribution in [0, 0.1) is 14.9 Å². The standard InChI is InChI=1S/C7H3ClINO3S/c8-14(12,13)7-4(3-10)6(11)2-1-5(7)9/h1-2,11H. The number of phenols is 1. The van der Waals surface area contributed by atoms with E-state index in [9.17, 15) is 13.5 Å². The highest BCUT2D eigenvalue weighted by molar-refractivity contribution is 14.1.